The van der Waals surface area contributed by atoms with E-state index in [0.717, 1.165) is 0 Å². The van der Waals surface area contributed by atoms with E-state index in [4.69, 9.17) is 5.11 Å². The van der Waals surface area contributed by atoms with Crippen LogP contribution in [0.1, 0.15) is 22.3 Å². The van der Waals surface area contributed by atoms with Crippen molar-refractivity contribution < 1.29 is 36.6 Å². The second-order valence-corrected chi connectivity index (χ2v) is 3.61. The highest BCUT2D eigenvalue weighted by atomic mass is 79.9. The molecule has 0 aliphatic carbocycles. The molecule has 18 heavy (non-hydrogen) atoms. The van der Waals surface area contributed by atoms with E-state index in [2.05, 4.69) is 25.7 Å². The van der Waals surface area contributed by atoms with E-state index in [1.807, 2.05) is 0 Å². The van der Waals surface area contributed by atoms with E-state index >= 15 is 0 Å². The van der Waals surface area contributed by atoms with Gasteiger partial charge in [-0.1, -0.05) is 0 Å². The van der Waals surface area contributed by atoms with Crippen LogP contribution in [0.2, 0.25) is 0 Å². The lowest BCUT2D eigenvalue weighted by Crippen LogP contribution is -2.21. The number of carboxylic acid groups (broad SMARTS) is 1. The number of hydrogen-bond donors (Lipinski definition) is 1. The van der Waals surface area contributed by atoms with Crippen molar-refractivity contribution in [3.05, 3.63) is 21.9 Å². The van der Waals surface area contributed by atoms with Crippen LogP contribution >= 0.6 is 15.9 Å². The Kier molecular flexibility index (Phi) is 4.09. The number of nitrogens with zero attached hydrogens (tertiary/aromatic N) is 1. The smallest absolute Gasteiger partial charge is 0.477 e. The van der Waals surface area contributed by atoms with Crippen molar-refractivity contribution in [3.63, 3.8) is 0 Å². The summed E-state index contributed by atoms with van der Waals surface area (Å²) in [5.74, 6) is -3.36. The molecule has 0 aliphatic rings. The van der Waals surface area contributed by atoms with E-state index in [0.29, 0.717) is 6.20 Å². The summed E-state index contributed by atoms with van der Waals surface area (Å²) >= 11 is 2.55. The number of rotatable bonds is 3. The summed E-state index contributed by atoms with van der Waals surface area (Å²) in [6, 6.07) is 0. The molecule has 0 saturated carbocycles. The van der Waals surface area contributed by atoms with Crippen molar-refractivity contribution in [2.75, 3.05) is 0 Å². The molecule has 0 saturated heterocycles. The van der Waals surface area contributed by atoms with Crippen LogP contribution in [0.15, 0.2) is 10.8 Å². The van der Waals surface area contributed by atoms with Crippen molar-refractivity contribution in [1.29, 1.82) is 0 Å². The van der Waals surface area contributed by atoms with Gasteiger partial charge in [-0.25, -0.2) is 18.6 Å². The van der Waals surface area contributed by atoms with Gasteiger partial charge in [0.05, 0.1) is 5.56 Å². The fraction of sp³-hybridized carbons (Fsp3) is 0.250. The summed E-state index contributed by atoms with van der Waals surface area (Å²) in [7, 11) is 0. The Morgan fingerprint density at radius 1 is 1.44 bits per heavy atom. The minimum Gasteiger partial charge on any atom is -0.477 e. The van der Waals surface area contributed by atoms with Gasteiger partial charge in [-0.2, -0.15) is 0 Å². The molecule has 1 aromatic heterocycles. The lowest BCUT2D eigenvalue weighted by atomic mass is 10.2. The fourth-order valence-corrected chi connectivity index (χ4v) is 1.51. The lowest BCUT2D eigenvalue weighted by Gasteiger charge is -2.15. The van der Waals surface area contributed by atoms with E-state index in [-0.39, 0.29) is 0 Å². The average Bonchev–Trinajstić information content (AvgIpc) is 2.13. The summed E-state index contributed by atoms with van der Waals surface area (Å²) in [6.45, 7) is 0. The van der Waals surface area contributed by atoms with Crippen LogP contribution < -0.4 is 4.74 Å². The minimum atomic E-state index is -5.30. The van der Waals surface area contributed by atoms with Gasteiger partial charge in [0.15, 0.2) is 5.75 Å². The van der Waals surface area contributed by atoms with Crippen LogP contribution in [-0.4, -0.2) is 22.4 Å². The molecule has 4 nitrogen and oxygen atoms in total. The SMILES string of the molecule is O=C(O)c1c(Br)ncc(C(F)F)c1OC(F)(F)F. The predicted molar refractivity (Wildman–Crippen MR) is 50.5 cm³/mol. The Balaban J connectivity index is 3.48. The van der Waals surface area contributed by atoms with Crippen molar-refractivity contribution in [2.24, 2.45) is 0 Å². The second kappa shape index (κ2) is 5.04. The summed E-state index contributed by atoms with van der Waals surface area (Å²) in [5, 5.41) is 8.69. The third-order valence-electron chi connectivity index (χ3n) is 1.68. The molecule has 1 heterocycles. The van der Waals surface area contributed by atoms with E-state index < -0.39 is 40.2 Å². The van der Waals surface area contributed by atoms with Crippen molar-refractivity contribution in [3.8, 4) is 5.75 Å². The Morgan fingerprint density at radius 3 is 2.39 bits per heavy atom. The maximum Gasteiger partial charge on any atom is 0.573 e. The number of carboxylic acids is 1. The highest BCUT2D eigenvalue weighted by Crippen LogP contribution is 2.37. The average molecular weight is 336 g/mol. The first-order chi connectivity index (χ1) is 8.13. The molecule has 0 bridgehead atoms. The summed E-state index contributed by atoms with van der Waals surface area (Å²) in [5.41, 5.74) is -2.38. The van der Waals surface area contributed by atoms with E-state index in [9.17, 15) is 26.7 Å². The van der Waals surface area contributed by atoms with Crippen LogP contribution in [0.4, 0.5) is 22.0 Å². The van der Waals surface area contributed by atoms with Crippen molar-refractivity contribution >= 4 is 21.9 Å². The quantitative estimate of drug-likeness (QED) is 0.679. The van der Waals surface area contributed by atoms with Gasteiger partial charge in [0.2, 0.25) is 0 Å². The third-order valence-corrected chi connectivity index (χ3v) is 2.28. The first kappa shape index (κ1) is 14.6. The highest BCUT2D eigenvalue weighted by molar-refractivity contribution is 9.10. The number of alkyl halides is 5. The molecule has 1 N–H and O–H groups in total. The van der Waals surface area contributed by atoms with Crippen molar-refractivity contribution in [2.45, 2.75) is 12.8 Å². The van der Waals surface area contributed by atoms with Crippen LogP contribution in [0.25, 0.3) is 0 Å². The number of carbonyl (C=O) groups is 1. The Bertz CT molecular complexity index is 477. The largest absolute Gasteiger partial charge is 0.573 e. The van der Waals surface area contributed by atoms with Crippen LogP contribution in [0, 0.1) is 0 Å². The molecule has 0 aromatic carbocycles. The number of aromatic carboxylic acids is 1. The monoisotopic (exact) mass is 335 g/mol. The molecule has 0 atom stereocenters. The maximum atomic E-state index is 12.5. The van der Waals surface area contributed by atoms with Gasteiger partial charge in [-0.3, -0.25) is 0 Å². The minimum absolute atomic E-state index is 0.405. The summed E-state index contributed by atoms with van der Waals surface area (Å²) in [4.78, 5) is 14.0. The number of ether oxygens (including phenoxy) is 1. The zero-order chi connectivity index (χ0) is 14.1. The topological polar surface area (TPSA) is 59.4 Å². The molecular formula is C8H3BrF5NO3. The zero-order valence-electron chi connectivity index (χ0n) is 8.13. The van der Waals surface area contributed by atoms with Gasteiger partial charge in [0, 0.05) is 6.20 Å². The molecule has 0 amide bonds. The molecule has 1 aromatic rings. The molecular weight excluding hydrogens is 333 g/mol. The molecule has 0 unspecified atom stereocenters. The summed E-state index contributed by atoms with van der Waals surface area (Å²) in [6.07, 6.45) is -8.25. The Labute approximate surface area is 105 Å². The van der Waals surface area contributed by atoms with E-state index in [1.165, 1.54) is 0 Å². The number of pyridine rings is 1. The third kappa shape index (κ3) is 3.28. The Morgan fingerprint density at radius 2 is 2.00 bits per heavy atom. The normalized spacial score (nSPS) is 11.7. The van der Waals surface area contributed by atoms with Crippen molar-refractivity contribution in [1.82, 2.24) is 4.98 Å². The Hall–Kier alpha value is -1.45. The summed E-state index contributed by atoms with van der Waals surface area (Å²) < 4.78 is 64.0. The number of halogens is 6. The molecule has 0 fully saturated rings. The van der Waals surface area contributed by atoms with Crippen LogP contribution in [-0.2, 0) is 0 Å². The number of aromatic nitrogens is 1. The van der Waals surface area contributed by atoms with Gasteiger partial charge in [0.25, 0.3) is 6.43 Å². The molecule has 0 radical (unpaired) electrons. The van der Waals surface area contributed by atoms with Gasteiger partial charge in [-0.15, -0.1) is 13.2 Å². The first-order valence-electron chi connectivity index (χ1n) is 4.09. The highest BCUT2D eigenvalue weighted by Gasteiger charge is 2.37. The molecule has 0 aliphatic heterocycles. The lowest BCUT2D eigenvalue weighted by molar-refractivity contribution is -0.275. The molecule has 100 valence electrons. The zero-order valence-corrected chi connectivity index (χ0v) is 9.72. The maximum absolute atomic E-state index is 12.5. The molecule has 1 rings (SSSR count). The fourth-order valence-electron chi connectivity index (χ4n) is 1.05. The molecule has 10 heteroatoms. The first-order valence-corrected chi connectivity index (χ1v) is 4.88. The van der Waals surface area contributed by atoms with Gasteiger partial charge < -0.3 is 9.84 Å². The van der Waals surface area contributed by atoms with Crippen LogP contribution in [0.5, 0.6) is 5.75 Å². The van der Waals surface area contributed by atoms with Gasteiger partial charge in [-0.05, 0) is 15.9 Å². The van der Waals surface area contributed by atoms with E-state index in [1.54, 1.807) is 0 Å². The number of hydrogen-bond acceptors (Lipinski definition) is 3. The van der Waals surface area contributed by atoms with Crippen LogP contribution in [0.3, 0.4) is 0 Å². The standard InChI is InChI=1S/C8H3BrF5NO3/c9-5-3(7(16)17)4(18-8(12,13)14)2(1-15-5)6(10)11/h1,6H,(H,16,17). The molecule has 0 spiro atoms. The second-order valence-electron chi connectivity index (χ2n) is 2.86. The predicted octanol–water partition coefficient (Wildman–Crippen LogP) is 3.38. The van der Waals surface area contributed by atoms with Gasteiger partial charge >= 0.3 is 12.3 Å². The van der Waals surface area contributed by atoms with Gasteiger partial charge in [0.1, 0.15) is 10.2 Å².